The molecule has 0 saturated carbocycles. The maximum Gasteiger partial charge on any atom is 0.410 e. The van der Waals surface area contributed by atoms with Crippen LogP contribution in [0.4, 0.5) is 10.6 Å². The Morgan fingerprint density at radius 1 is 1.15 bits per heavy atom. The molecule has 1 aliphatic heterocycles. The highest BCUT2D eigenvalue weighted by atomic mass is 16.6. The minimum absolute atomic E-state index is 0.158. The van der Waals surface area contributed by atoms with Gasteiger partial charge in [-0.1, -0.05) is 18.7 Å². The molecule has 1 fully saturated rings. The van der Waals surface area contributed by atoms with Crippen LogP contribution in [0.3, 0.4) is 0 Å². The lowest BCUT2D eigenvalue weighted by Crippen LogP contribution is -2.35. The van der Waals surface area contributed by atoms with Crippen molar-refractivity contribution < 1.29 is 14.3 Å². The lowest BCUT2D eigenvalue weighted by Gasteiger charge is -2.22. The summed E-state index contributed by atoms with van der Waals surface area (Å²) in [6.07, 6.45) is 5.19. The number of nitrogens with zero attached hydrogens (tertiary/aromatic N) is 4. The standard InChI is InChI=1S/C20H22N4O3/c1-2-14-27-20(26)24-11-5-10-23(12-13-24)18-8-3-7-17(22-18)19(25)16-6-4-9-21-15-16/h2-4,6-9,15H,1,5,10-14H2. The molecule has 1 saturated heterocycles. The van der Waals surface area contributed by atoms with Gasteiger partial charge in [-0.05, 0) is 30.7 Å². The third-order valence-electron chi connectivity index (χ3n) is 4.29. The highest BCUT2D eigenvalue weighted by Crippen LogP contribution is 2.16. The topological polar surface area (TPSA) is 75.6 Å². The van der Waals surface area contributed by atoms with E-state index in [2.05, 4.69) is 21.4 Å². The van der Waals surface area contributed by atoms with Crippen LogP contribution in [0.5, 0.6) is 0 Å². The van der Waals surface area contributed by atoms with Crippen molar-refractivity contribution in [3.8, 4) is 0 Å². The van der Waals surface area contributed by atoms with Crippen LogP contribution in [0.2, 0.25) is 0 Å². The first kappa shape index (κ1) is 18.6. The average molecular weight is 366 g/mol. The fourth-order valence-corrected chi connectivity index (χ4v) is 2.92. The van der Waals surface area contributed by atoms with Gasteiger partial charge in [-0.3, -0.25) is 9.78 Å². The molecule has 0 aliphatic carbocycles. The van der Waals surface area contributed by atoms with Crippen LogP contribution in [0.1, 0.15) is 22.5 Å². The quantitative estimate of drug-likeness (QED) is 0.598. The van der Waals surface area contributed by atoms with Crippen LogP contribution in [0, 0.1) is 0 Å². The van der Waals surface area contributed by atoms with Crippen molar-refractivity contribution in [2.45, 2.75) is 6.42 Å². The molecule has 7 nitrogen and oxygen atoms in total. The van der Waals surface area contributed by atoms with Gasteiger partial charge in [-0.15, -0.1) is 0 Å². The normalized spacial score (nSPS) is 14.4. The summed E-state index contributed by atoms with van der Waals surface area (Å²) in [7, 11) is 0. The maximum absolute atomic E-state index is 12.6. The number of pyridine rings is 2. The van der Waals surface area contributed by atoms with Crippen LogP contribution in [0.15, 0.2) is 55.4 Å². The van der Waals surface area contributed by atoms with E-state index in [0.717, 1.165) is 18.8 Å². The molecule has 3 rings (SSSR count). The average Bonchev–Trinajstić information content (AvgIpc) is 2.98. The molecule has 2 aromatic heterocycles. The van der Waals surface area contributed by atoms with E-state index in [1.807, 2.05) is 12.1 Å². The fraction of sp³-hybridized carbons (Fsp3) is 0.300. The first-order valence-corrected chi connectivity index (χ1v) is 8.88. The minimum Gasteiger partial charge on any atom is -0.445 e. The van der Waals surface area contributed by atoms with Gasteiger partial charge in [0.2, 0.25) is 5.78 Å². The molecule has 0 radical (unpaired) electrons. The van der Waals surface area contributed by atoms with E-state index < -0.39 is 0 Å². The van der Waals surface area contributed by atoms with Gasteiger partial charge in [0.15, 0.2) is 0 Å². The Morgan fingerprint density at radius 2 is 2.04 bits per heavy atom. The Balaban J connectivity index is 1.69. The lowest BCUT2D eigenvalue weighted by atomic mass is 10.1. The molecule has 1 aliphatic rings. The van der Waals surface area contributed by atoms with E-state index in [9.17, 15) is 9.59 Å². The number of anilines is 1. The molecule has 0 aromatic carbocycles. The van der Waals surface area contributed by atoms with Crippen LogP contribution in [-0.4, -0.2) is 59.5 Å². The van der Waals surface area contributed by atoms with Crippen molar-refractivity contribution in [2.75, 3.05) is 37.7 Å². The molecule has 0 bridgehead atoms. The molecule has 0 atom stereocenters. The zero-order chi connectivity index (χ0) is 19.1. The van der Waals surface area contributed by atoms with Crippen molar-refractivity contribution >= 4 is 17.7 Å². The zero-order valence-electron chi connectivity index (χ0n) is 15.1. The SMILES string of the molecule is C=CCOC(=O)N1CCCN(c2cccc(C(=O)c3cccnc3)n2)CC1. The highest BCUT2D eigenvalue weighted by Gasteiger charge is 2.21. The second-order valence-corrected chi connectivity index (χ2v) is 6.15. The van der Waals surface area contributed by atoms with Crippen molar-refractivity contribution in [1.82, 2.24) is 14.9 Å². The first-order chi connectivity index (χ1) is 13.2. The van der Waals surface area contributed by atoms with Gasteiger partial charge in [0.05, 0.1) is 0 Å². The Bertz CT molecular complexity index is 810. The number of ether oxygens (including phenoxy) is 1. The van der Waals surface area contributed by atoms with Crippen molar-refractivity contribution in [1.29, 1.82) is 0 Å². The number of aromatic nitrogens is 2. The predicted molar refractivity (Wildman–Crippen MR) is 102 cm³/mol. The van der Waals surface area contributed by atoms with Gasteiger partial charge < -0.3 is 14.5 Å². The number of carbonyl (C=O) groups excluding carboxylic acids is 2. The molecule has 0 N–H and O–H groups in total. The Kier molecular flexibility index (Phi) is 6.14. The lowest BCUT2D eigenvalue weighted by molar-refractivity contribution is 0.103. The molecular weight excluding hydrogens is 344 g/mol. The largest absolute Gasteiger partial charge is 0.445 e. The molecule has 140 valence electrons. The number of hydrogen-bond acceptors (Lipinski definition) is 6. The number of carbonyl (C=O) groups is 2. The number of rotatable bonds is 5. The summed E-state index contributed by atoms with van der Waals surface area (Å²) in [5, 5.41) is 0. The molecule has 27 heavy (non-hydrogen) atoms. The summed E-state index contributed by atoms with van der Waals surface area (Å²) >= 11 is 0. The van der Waals surface area contributed by atoms with E-state index in [1.165, 1.54) is 6.20 Å². The van der Waals surface area contributed by atoms with Crippen molar-refractivity contribution in [3.63, 3.8) is 0 Å². The summed E-state index contributed by atoms with van der Waals surface area (Å²) in [6.45, 7) is 6.30. The van der Waals surface area contributed by atoms with E-state index in [4.69, 9.17) is 4.74 Å². The molecule has 1 amide bonds. The van der Waals surface area contributed by atoms with Gasteiger partial charge in [0, 0.05) is 44.1 Å². The number of hydrogen-bond donors (Lipinski definition) is 0. The summed E-state index contributed by atoms with van der Waals surface area (Å²) in [5.41, 5.74) is 0.890. The summed E-state index contributed by atoms with van der Waals surface area (Å²) in [6, 6.07) is 8.86. The van der Waals surface area contributed by atoms with Gasteiger partial charge in [0.25, 0.3) is 0 Å². The van der Waals surface area contributed by atoms with E-state index in [-0.39, 0.29) is 18.5 Å². The number of ketones is 1. The van der Waals surface area contributed by atoms with Gasteiger partial charge >= 0.3 is 6.09 Å². The zero-order valence-corrected chi connectivity index (χ0v) is 15.1. The van der Waals surface area contributed by atoms with Gasteiger partial charge in [-0.25, -0.2) is 9.78 Å². The molecule has 7 heteroatoms. The molecular formula is C20H22N4O3. The number of amides is 1. The minimum atomic E-state index is -0.329. The molecule has 0 spiro atoms. The van der Waals surface area contributed by atoms with Crippen molar-refractivity contribution in [3.05, 3.63) is 66.6 Å². The smallest absolute Gasteiger partial charge is 0.410 e. The third kappa shape index (κ3) is 4.69. The van der Waals surface area contributed by atoms with Gasteiger partial charge in [-0.2, -0.15) is 0 Å². The second kappa shape index (κ2) is 8.93. The predicted octanol–water partition coefficient (Wildman–Crippen LogP) is 2.54. The van der Waals surface area contributed by atoms with Gasteiger partial charge in [0.1, 0.15) is 18.1 Å². The molecule has 2 aromatic rings. The summed E-state index contributed by atoms with van der Waals surface area (Å²) in [5.74, 6) is 0.570. The van der Waals surface area contributed by atoms with Crippen LogP contribution in [-0.2, 0) is 4.74 Å². The van der Waals surface area contributed by atoms with E-state index in [0.29, 0.717) is 30.9 Å². The first-order valence-electron chi connectivity index (χ1n) is 8.88. The van der Waals surface area contributed by atoms with E-state index >= 15 is 0 Å². The van der Waals surface area contributed by atoms with Crippen LogP contribution < -0.4 is 4.90 Å². The Labute approximate surface area is 158 Å². The monoisotopic (exact) mass is 366 g/mol. The van der Waals surface area contributed by atoms with Crippen LogP contribution >= 0.6 is 0 Å². The van der Waals surface area contributed by atoms with Crippen LogP contribution in [0.25, 0.3) is 0 Å². The van der Waals surface area contributed by atoms with E-state index in [1.54, 1.807) is 35.4 Å². The Hall–Kier alpha value is -3.22. The van der Waals surface area contributed by atoms with Crippen molar-refractivity contribution in [2.24, 2.45) is 0 Å². The second-order valence-electron chi connectivity index (χ2n) is 6.15. The highest BCUT2D eigenvalue weighted by molar-refractivity contribution is 6.07. The maximum atomic E-state index is 12.6. The molecule has 0 unspecified atom stereocenters. The third-order valence-corrected chi connectivity index (χ3v) is 4.29. The summed E-state index contributed by atoms with van der Waals surface area (Å²) < 4.78 is 5.11. The fourth-order valence-electron chi connectivity index (χ4n) is 2.92. The Morgan fingerprint density at radius 3 is 2.81 bits per heavy atom. The molecule has 3 heterocycles. The summed E-state index contributed by atoms with van der Waals surface area (Å²) in [4.78, 5) is 36.9.